The molecule has 0 aliphatic carbocycles. The number of carbonyl (C=O) groups excluding carboxylic acids is 2. The predicted octanol–water partition coefficient (Wildman–Crippen LogP) is 5.86. The molecule has 0 radical (unpaired) electrons. The van der Waals surface area contributed by atoms with Crippen LogP contribution >= 0.6 is 0 Å². The second kappa shape index (κ2) is 13.5. The molecule has 7 heteroatoms. The van der Waals surface area contributed by atoms with E-state index >= 15 is 0 Å². The van der Waals surface area contributed by atoms with Crippen LogP contribution in [0.25, 0.3) is 0 Å². The maximum Gasteiger partial charge on any atom is 0.258 e. The third kappa shape index (κ3) is 7.36. The van der Waals surface area contributed by atoms with E-state index in [-0.39, 0.29) is 18.4 Å². The second-order valence-electron chi connectivity index (χ2n) is 8.37. The van der Waals surface area contributed by atoms with Crippen molar-refractivity contribution in [1.29, 1.82) is 0 Å². The first-order valence-electron chi connectivity index (χ1n) is 12.5. The van der Waals surface area contributed by atoms with Gasteiger partial charge >= 0.3 is 0 Å². The van der Waals surface area contributed by atoms with E-state index in [4.69, 9.17) is 9.47 Å². The zero-order chi connectivity index (χ0) is 26.6. The van der Waals surface area contributed by atoms with Crippen LogP contribution in [0.4, 0.5) is 17.1 Å². The number of benzene rings is 4. The van der Waals surface area contributed by atoms with E-state index < -0.39 is 0 Å². The highest BCUT2D eigenvalue weighted by Gasteiger charge is 2.16. The summed E-state index contributed by atoms with van der Waals surface area (Å²) in [6, 6.07) is 33.4. The molecule has 0 aliphatic heterocycles. The molecule has 38 heavy (non-hydrogen) atoms. The maximum absolute atomic E-state index is 13.0. The van der Waals surface area contributed by atoms with Gasteiger partial charge in [-0.15, -0.1) is 0 Å². The monoisotopic (exact) mass is 509 g/mol. The molecule has 0 heterocycles. The zero-order valence-corrected chi connectivity index (χ0v) is 21.3. The molecule has 0 saturated heterocycles. The lowest BCUT2D eigenvalue weighted by Gasteiger charge is -2.21. The number of anilines is 3. The highest BCUT2D eigenvalue weighted by atomic mass is 16.5. The number of ether oxygens (including phenoxy) is 2. The van der Waals surface area contributed by atoms with E-state index in [2.05, 4.69) is 10.6 Å². The fraction of sp³-hybridized carbons (Fsp3) is 0.161. The van der Waals surface area contributed by atoms with Gasteiger partial charge in [-0.25, -0.2) is 0 Å². The number of amides is 2. The van der Waals surface area contributed by atoms with Crippen LogP contribution in [-0.4, -0.2) is 38.1 Å². The molecule has 2 N–H and O–H groups in total. The minimum absolute atomic E-state index is 0.0548. The Kier molecular flexibility index (Phi) is 9.34. The molecule has 2 amide bonds. The largest absolute Gasteiger partial charge is 0.490 e. The standard InChI is InChI=1S/C31H31N3O4/c1-2-34(26-11-5-3-6-12-26)31(36)24-17-19-25(20-18-24)33-30(35)23-32-28-15-9-10-16-29(28)38-22-21-37-27-13-7-4-8-14-27/h3-20,32H,2,21-23H2,1H3,(H,33,35). The van der Waals surface area contributed by atoms with Crippen molar-refractivity contribution in [3.8, 4) is 11.5 Å². The average molecular weight is 510 g/mol. The van der Waals surface area contributed by atoms with Crippen LogP contribution in [0.3, 0.4) is 0 Å². The molecule has 4 rings (SSSR count). The van der Waals surface area contributed by atoms with Gasteiger partial charge in [0.2, 0.25) is 5.91 Å². The first-order chi connectivity index (χ1) is 18.6. The van der Waals surface area contributed by atoms with Crippen molar-refractivity contribution in [2.24, 2.45) is 0 Å². The van der Waals surface area contributed by atoms with Crippen LogP contribution in [0.5, 0.6) is 11.5 Å². The third-order valence-corrected chi connectivity index (χ3v) is 5.72. The number of hydrogen-bond acceptors (Lipinski definition) is 5. The Morgan fingerprint density at radius 2 is 1.37 bits per heavy atom. The van der Waals surface area contributed by atoms with E-state index in [1.807, 2.05) is 91.9 Å². The number of carbonyl (C=O) groups is 2. The Morgan fingerprint density at radius 3 is 2.08 bits per heavy atom. The number of nitrogens with zero attached hydrogens (tertiary/aromatic N) is 1. The Labute approximate surface area is 223 Å². The Hall–Kier alpha value is -4.78. The second-order valence-corrected chi connectivity index (χ2v) is 8.37. The minimum atomic E-state index is -0.217. The summed E-state index contributed by atoms with van der Waals surface area (Å²) in [5.41, 5.74) is 2.72. The summed E-state index contributed by atoms with van der Waals surface area (Å²) in [6.07, 6.45) is 0. The van der Waals surface area contributed by atoms with Crippen molar-refractivity contribution >= 4 is 28.9 Å². The van der Waals surface area contributed by atoms with Crippen LogP contribution in [0.2, 0.25) is 0 Å². The molecular formula is C31H31N3O4. The highest BCUT2D eigenvalue weighted by molar-refractivity contribution is 6.06. The van der Waals surface area contributed by atoms with E-state index in [9.17, 15) is 9.59 Å². The summed E-state index contributed by atoms with van der Waals surface area (Å²) in [6.45, 7) is 3.31. The summed E-state index contributed by atoms with van der Waals surface area (Å²) in [5, 5.41) is 5.98. The van der Waals surface area contributed by atoms with Crippen molar-refractivity contribution in [3.63, 3.8) is 0 Å². The molecular weight excluding hydrogens is 478 g/mol. The van der Waals surface area contributed by atoms with Gasteiger partial charge < -0.3 is 25.0 Å². The van der Waals surface area contributed by atoms with Gasteiger partial charge in [-0.05, 0) is 67.6 Å². The molecule has 0 atom stereocenters. The lowest BCUT2D eigenvalue weighted by Crippen LogP contribution is -2.30. The van der Waals surface area contributed by atoms with Crippen molar-refractivity contribution in [3.05, 3.63) is 115 Å². The molecule has 0 spiro atoms. The quantitative estimate of drug-likeness (QED) is 0.234. The lowest BCUT2D eigenvalue weighted by molar-refractivity contribution is -0.114. The molecule has 194 valence electrons. The van der Waals surface area contributed by atoms with E-state index in [0.29, 0.717) is 42.4 Å². The van der Waals surface area contributed by atoms with Gasteiger partial charge in [0.1, 0.15) is 24.7 Å². The van der Waals surface area contributed by atoms with Crippen LogP contribution in [0, 0.1) is 0 Å². The molecule has 0 unspecified atom stereocenters. The SMILES string of the molecule is CCN(C(=O)c1ccc(NC(=O)CNc2ccccc2OCCOc2ccccc2)cc1)c1ccccc1. The Morgan fingerprint density at radius 1 is 0.737 bits per heavy atom. The minimum Gasteiger partial charge on any atom is -0.490 e. The van der Waals surface area contributed by atoms with Gasteiger partial charge in [0.05, 0.1) is 12.2 Å². The van der Waals surface area contributed by atoms with Crippen LogP contribution in [0.15, 0.2) is 109 Å². The summed E-state index contributed by atoms with van der Waals surface area (Å²) in [4.78, 5) is 27.3. The predicted molar refractivity (Wildman–Crippen MR) is 151 cm³/mol. The van der Waals surface area contributed by atoms with Crippen molar-refractivity contribution in [2.45, 2.75) is 6.92 Å². The van der Waals surface area contributed by atoms with Gasteiger partial charge in [-0.3, -0.25) is 9.59 Å². The molecule has 0 fully saturated rings. The Balaban J connectivity index is 1.26. The van der Waals surface area contributed by atoms with E-state index in [1.165, 1.54) is 0 Å². The fourth-order valence-corrected chi connectivity index (χ4v) is 3.85. The van der Waals surface area contributed by atoms with E-state index in [0.717, 1.165) is 11.4 Å². The number of hydrogen-bond donors (Lipinski definition) is 2. The molecule has 0 aliphatic rings. The van der Waals surface area contributed by atoms with Gasteiger partial charge in [0.25, 0.3) is 5.91 Å². The molecule has 0 bridgehead atoms. The normalized spacial score (nSPS) is 10.3. The molecule has 0 saturated carbocycles. The average Bonchev–Trinajstić information content (AvgIpc) is 2.96. The van der Waals surface area contributed by atoms with Crippen molar-refractivity contribution in [1.82, 2.24) is 0 Å². The fourth-order valence-electron chi connectivity index (χ4n) is 3.85. The first-order valence-corrected chi connectivity index (χ1v) is 12.5. The molecule has 4 aromatic carbocycles. The van der Waals surface area contributed by atoms with Crippen LogP contribution in [-0.2, 0) is 4.79 Å². The van der Waals surface area contributed by atoms with Crippen LogP contribution in [0.1, 0.15) is 17.3 Å². The number of nitrogens with one attached hydrogen (secondary N) is 2. The zero-order valence-electron chi connectivity index (χ0n) is 21.3. The Bertz CT molecular complexity index is 1310. The van der Waals surface area contributed by atoms with Crippen molar-refractivity contribution in [2.75, 3.05) is 41.8 Å². The summed E-state index contributed by atoms with van der Waals surface area (Å²) < 4.78 is 11.5. The maximum atomic E-state index is 13.0. The van der Waals surface area contributed by atoms with Gasteiger partial charge in [-0.1, -0.05) is 48.5 Å². The van der Waals surface area contributed by atoms with Gasteiger partial charge in [0, 0.05) is 23.5 Å². The summed E-state index contributed by atoms with van der Waals surface area (Å²) in [5.74, 6) is 1.11. The molecule has 7 nitrogen and oxygen atoms in total. The highest BCUT2D eigenvalue weighted by Crippen LogP contribution is 2.24. The topological polar surface area (TPSA) is 79.9 Å². The first kappa shape index (κ1) is 26.3. The smallest absolute Gasteiger partial charge is 0.258 e. The molecule has 4 aromatic rings. The van der Waals surface area contributed by atoms with Gasteiger partial charge in [-0.2, -0.15) is 0 Å². The molecule has 0 aromatic heterocycles. The summed E-state index contributed by atoms with van der Waals surface area (Å²) >= 11 is 0. The van der Waals surface area contributed by atoms with Crippen LogP contribution < -0.4 is 25.0 Å². The third-order valence-electron chi connectivity index (χ3n) is 5.72. The number of rotatable bonds is 12. The van der Waals surface area contributed by atoms with Gasteiger partial charge in [0.15, 0.2) is 0 Å². The summed E-state index contributed by atoms with van der Waals surface area (Å²) in [7, 11) is 0. The number of para-hydroxylation sites is 4. The lowest BCUT2D eigenvalue weighted by atomic mass is 10.1. The van der Waals surface area contributed by atoms with Crippen molar-refractivity contribution < 1.29 is 19.1 Å². The van der Waals surface area contributed by atoms with E-state index in [1.54, 1.807) is 29.2 Å².